The van der Waals surface area contributed by atoms with E-state index in [1.165, 1.54) is 0 Å². The lowest BCUT2D eigenvalue weighted by molar-refractivity contribution is -0.0367. The van der Waals surface area contributed by atoms with E-state index in [0.29, 0.717) is 23.2 Å². The lowest BCUT2D eigenvalue weighted by atomic mass is 10.1. The molecule has 1 aromatic carbocycles. The van der Waals surface area contributed by atoms with Crippen LogP contribution >= 0.6 is 0 Å². The van der Waals surface area contributed by atoms with Gasteiger partial charge in [-0.3, -0.25) is 0 Å². The zero-order valence-electron chi connectivity index (χ0n) is 24.5. The second-order valence-corrected chi connectivity index (χ2v) is 17.0. The highest BCUT2D eigenvalue weighted by Gasteiger charge is 2.41. The molecule has 1 fully saturated rings. The predicted octanol–water partition coefficient (Wildman–Crippen LogP) is 6.30. The van der Waals surface area contributed by atoms with E-state index in [4.69, 9.17) is 14.6 Å². The summed E-state index contributed by atoms with van der Waals surface area (Å²) in [5.41, 5.74) is 9.52. The summed E-state index contributed by atoms with van der Waals surface area (Å²) >= 11 is 0. The van der Waals surface area contributed by atoms with Crippen molar-refractivity contribution < 1.29 is 9.47 Å². The molecule has 3 aromatic rings. The molecular weight excluding hydrogens is 490 g/mol. The second-order valence-electron chi connectivity index (χ2n) is 11.4. The Balaban J connectivity index is 1.86. The van der Waals surface area contributed by atoms with Crippen LogP contribution in [0.25, 0.3) is 22.0 Å². The van der Waals surface area contributed by atoms with E-state index in [1.54, 1.807) is 4.68 Å². The minimum Gasteiger partial charge on any atom is -0.476 e. The maximum Gasteiger partial charge on any atom is 0.219 e. The van der Waals surface area contributed by atoms with Crippen LogP contribution in [0.1, 0.15) is 72.7 Å². The Bertz CT molecular complexity index is 1270. The predicted molar refractivity (Wildman–Crippen MR) is 158 cm³/mol. The highest BCUT2D eigenvalue weighted by atomic mass is 28.3. The molecule has 1 aliphatic heterocycles. The number of benzene rings is 1. The second kappa shape index (κ2) is 12.1. The summed E-state index contributed by atoms with van der Waals surface area (Å²) in [5.74, 6) is 4.40. The molecule has 1 aliphatic rings. The molecule has 0 amide bonds. The molecule has 1 atom stereocenters. The van der Waals surface area contributed by atoms with Crippen molar-refractivity contribution in [3.05, 3.63) is 30.1 Å². The number of nitrogens with zero attached hydrogens (tertiary/aromatic N) is 4. The molecule has 1 saturated heterocycles. The van der Waals surface area contributed by atoms with Gasteiger partial charge >= 0.3 is 0 Å². The molecule has 0 saturated carbocycles. The van der Waals surface area contributed by atoms with E-state index in [1.807, 2.05) is 20.3 Å². The number of rotatable bonds is 9. The highest BCUT2D eigenvalue weighted by Crippen LogP contribution is 2.41. The Morgan fingerprint density at radius 2 is 1.87 bits per heavy atom. The van der Waals surface area contributed by atoms with Gasteiger partial charge < -0.3 is 14.8 Å². The lowest BCUT2D eigenvalue weighted by Gasteiger charge is -2.38. The number of hydrogen-bond donors (Lipinski definition) is 1. The Morgan fingerprint density at radius 1 is 1.13 bits per heavy atom. The van der Waals surface area contributed by atoms with Crippen molar-refractivity contribution in [3.63, 3.8) is 0 Å². The van der Waals surface area contributed by atoms with E-state index >= 15 is 0 Å². The van der Waals surface area contributed by atoms with Crippen molar-refractivity contribution in [2.24, 2.45) is 7.05 Å². The van der Waals surface area contributed by atoms with Crippen molar-refractivity contribution in [2.75, 3.05) is 26.8 Å². The molecular formula is C30H45N5O2Si. The first-order chi connectivity index (χ1) is 18.2. The van der Waals surface area contributed by atoms with Crippen molar-refractivity contribution in [1.82, 2.24) is 24.9 Å². The molecule has 1 unspecified atom stereocenters. The quantitative estimate of drug-likeness (QED) is 0.198. The lowest BCUT2D eigenvalue weighted by Crippen LogP contribution is -2.43. The summed E-state index contributed by atoms with van der Waals surface area (Å²) in [5, 5.41) is 13.8. The molecule has 8 heteroatoms. The number of ether oxygens (including phenoxy) is 2. The first-order valence-electron chi connectivity index (χ1n) is 14.2. The Labute approximate surface area is 229 Å². The Morgan fingerprint density at radius 3 is 2.50 bits per heavy atom. The Kier molecular flexibility index (Phi) is 9.02. The van der Waals surface area contributed by atoms with Crippen LogP contribution in [-0.4, -0.2) is 54.4 Å². The van der Waals surface area contributed by atoms with Crippen LogP contribution in [-0.2, 0) is 11.8 Å². The van der Waals surface area contributed by atoms with Crippen molar-refractivity contribution in [3.8, 4) is 28.5 Å². The first kappa shape index (κ1) is 28.4. The summed E-state index contributed by atoms with van der Waals surface area (Å²) in [4.78, 5) is 0. The average Bonchev–Trinajstić information content (AvgIpc) is 3.44. The molecule has 38 heavy (non-hydrogen) atoms. The van der Waals surface area contributed by atoms with Crippen LogP contribution in [0, 0.1) is 11.5 Å². The third-order valence-electron chi connectivity index (χ3n) is 8.18. The van der Waals surface area contributed by atoms with Crippen LogP contribution < -0.4 is 10.1 Å². The fraction of sp³-hybridized carbons (Fsp3) is 0.600. The molecule has 3 heterocycles. The molecule has 2 aromatic heterocycles. The van der Waals surface area contributed by atoms with Gasteiger partial charge in [-0.05, 0) is 60.6 Å². The monoisotopic (exact) mass is 535 g/mol. The molecule has 0 aliphatic carbocycles. The molecule has 1 N–H and O–H groups in total. The molecule has 0 radical (unpaired) electrons. The van der Waals surface area contributed by atoms with E-state index in [-0.39, 0.29) is 6.23 Å². The standard InChI is InChI=1S/C30H45N5O2Si/c1-21(2)38(22(3)4,23(5)6)18-14-27-25-19-24(26-20-32-34(8)30(26)37-17-15-31-7)12-13-28(25)35(33-27)29-11-9-10-16-36-29/h12-13,19-23,29,31H,9-11,15-17H2,1-8H3. The zero-order chi connectivity index (χ0) is 27.4. The highest BCUT2D eigenvalue weighted by molar-refractivity contribution is 6.90. The van der Waals surface area contributed by atoms with Crippen LogP contribution in [0.15, 0.2) is 24.4 Å². The van der Waals surface area contributed by atoms with Crippen molar-refractivity contribution >= 4 is 19.0 Å². The van der Waals surface area contributed by atoms with Gasteiger partial charge in [0.25, 0.3) is 0 Å². The van der Waals surface area contributed by atoms with E-state index in [9.17, 15) is 0 Å². The molecule has 206 valence electrons. The van der Waals surface area contributed by atoms with E-state index in [2.05, 4.69) is 86.3 Å². The van der Waals surface area contributed by atoms with E-state index < -0.39 is 8.07 Å². The summed E-state index contributed by atoms with van der Waals surface area (Å²) in [7, 11) is 1.93. The van der Waals surface area contributed by atoms with E-state index in [0.717, 1.165) is 66.0 Å². The average molecular weight is 536 g/mol. The molecule has 0 spiro atoms. The third-order valence-corrected chi connectivity index (χ3v) is 14.5. The van der Waals surface area contributed by atoms with Crippen molar-refractivity contribution in [1.29, 1.82) is 0 Å². The smallest absolute Gasteiger partial charge is 0.219 e. The number of likely N-dealkylation sites (N-methyl/N-ethyl adjacent to an activating group) is 1. The van der Waals surface area contributed by atoms with Gasteiger partial charge in [0.05, 0.1) is 17.3 Å². The maximum atomic E-state index is 6.16. The topological polar surface area (TPSA) is 66.1 Å². The third kappa shape index (κ3) is 5.42. The number of aryl methyl sites for hydroxylation is 1. The fourth-order valence-corrected chi connectivity index (χ4v) is 11.4. The normalized spacial score (nSPS) is 16.4. The van der Waals surface area contributed by atoms with Crippen LogP contribution in [0.3, 0.4) is 0 Å². The number of nitrogens with one attached hydrogen (secondary N) is 1. The number of aromatic nitrogens is 4. The van der Waals surface area contributed by atoms with Gasteiger partial charge in [0.1, 0.15) is 20.4 Å². The molecule has 0 bridgehead atoms. The van der Waals surface area contributed by atoms with Crippen LogP contribution in [0.5, 0.6) is 5.88 Å². The number of hydrogen-bond acceptors (Lipinski definition) is 5. The first-order valence-corrected chi connectivity index (χ1v) is 16.4. The Hall–Kier alpha value is -2.60. The summed E-state index contributed by atoms with van der Waals surface area (Å²) in [6.45, 7) is 16.2. The fourth-order valence-electron chi connectivity index (χ4n) is 6.18. The van der Waals surface area contributed by atoms with Crippen LogP contribution in [0.2, 0.25) is 16.6 Å². The van der Waals surface area contributed by atoms with Gasteiger partial charge in [-0.2, -0.15) is 10.2 Å². The number of fused-ring (bicyclic) bond motifs is 1. The zero-order valence-corrected chi connectivity index (χ0v) is 25.5. The summed E-state index contributed by atoms with van der Waals surface area (Å²) in [6.07, 6.45) is 5.06. The summed E-state index contributed by atoms with van der Waals surface area (Å²) < 4.78 is 16.1. The minimum atomic E-state index is -1.91. The van der Waals surface area contributed by atoms with Gasteiger partial charge in [-0.15, -0.1) is 5.54 Å². The van der Waals surface area contributed by atoms with Crippen LogP contribution in [0.4, 0.5) is 0 Å². The van der Waals surface area contributed by atoms with Gasteiger partial charge in [-0.1, -0.05) is 53.5 Å². The van der Waals surface area contributed by atoms with Gasteiger partial charge in [-0.25, -0.2) is 9.36 Å². The maximum absolute atomic E-state index is 6.16. The minimum absolute atomic E-state index is 0.0474. The van der Waals surface area contributed by atoms with Gasteiger partial charge in [0, 0.05) is 25.6 Å². The summed E-state index contributed by atoms with van der Waals surface area (Å²) in [6, 6.07) is 6.50. The SMILES string of the molecule is CNCCOc1c(-c2ccc3c(c2)c(C#C[Si](C(C)C)(C(C)C)C(C)C)nn3C2CCCCO2)cnn1C. The molecule has 4 rings (SSSR count). The largest absolute Gasteiger partial charge is 0.476 e. The van der Waals surface area contributed by atoms with Gasteiger partial charge in [0.15, 0.2) is 6.23 Å². The van der Waals surface area contributed by atoms with Crippen molar-refractivity contribution in [2.45, 2.75) is 83.7 Å². The van der Waals surface area contributed by atoms with Gasteiger partial charge in [0.2, 0.25) is 5.88 Å². The molecule has 7 nitrogen and oxygen atoms in total.